The number of hydrogen-bond donors (Lipinski definition) is 1. The van der Waals surface area contributed by atoms with Crippen LogP contribution < -0.4 is 5.73 Å². The van der Waals surface area contributed by atoms with Crippen molar-refractivity contribution in [1.82, 2.24) is 5.16 Å². The van der Waals surface area contributed by atoms with Crippen LogP contribution >= 0.6 is 11.3 Å². The standard InChI is InChI=1S/C15H14N2OS/c1-9-4-3-5-11(8-9)12-13(18-17-15(12)16)14-10(2)6-7-19-14/h3-8H,1-2H3,(H2,16,17). The predicted octanol–water partition coefficient (Wildman–Crippen LogP) is 4.27. The van der Waals surface area contributed by atoms with Crippen molar-refractivity contribution >= 4 is 17.2 Å². The molecule has 2 heterocycles. The third kappa shape index (κ3) is 2.04. The summed E-state index contributed by atoms with van der Waals surface area (Å²) < 4.78 is 5.45. The molecule has 0 saturated carbocycles. The molecule has 3 aromatic rings. The highest BCUT2D eigenvalue weighted by atomic mass is 32.1. The fraction of sp³-hybridized carbons (Fsp3) is 0.133. The lowest BCUT2D eigenvalue weighted by Crippen LogP contribution is -1.89. The molecular weight excluding hydrogens is 256 g/mol. The Hall–Kier alpha value is -2.07. The first kappa shape index (κ1) is 12.0. The molecule has 96 valence electrons. The second-order valence-electron chi connectivity index (χ2n) is 4.57. The lowest BCUT2D eigenvalue weighted by molar-refractivity contribution is 0.437. The lowest BCUT2D eigenvalue weighted by Gasteiger charge is -2.03. The van der Waals surface area contributed by atoms with E-state index in [4.69, 9.17) is 10.3 Å². The summed E-state index contributed by atoms with van der Waals surface area (Å²) in [7, 11) is 0. The van der Waals surface area contributed by atoms with Crippen molar-refractivity contribution < 1.29 is 4.52 Å². The molecule has 0 aliphatic rings. The minimum Gasteiger partial charge on any atom is -0.380 e. The molecule has 4 heteroatoms. The number of benzene rings is 1. The largest absolute Gasteiger partial charge is 0.380 e. The SMILES string of the molecule is Cc1cccc(-c2c(N)noc2-c2sccc2C)c1. The molecule has 0 saturated heterocycles. The Bertz CT molecular complexity index is 727. The van der Waals surface area contributed by atoms with Gasteiger partial charge in [-0.05, 0) is 36.4 Å². The van der Waals surface area contributed by atoms with E-state index < -0.39 is 0 Å². The molecule has 2 aromatic heterocycles. The molecule has 0 atom stereocenters. The number of nitrogens with zero attached hydrogens (tertiary/aromatic N) is 1. The third-order valence-corrected chi connectivity index (χ3v) is 4.11. The second kappa shape index (κ2) is 4.55. The number of rotatable bonds is 2. The van der Waals surface area contributed by atoms with E-state index in [0.717, 1.165) is 21.8 Å². The van der Waals surface area contributed by atoms with E-state index in [1.807, 2.05) is 17.5 Å². The van der Waals surface area contributed by atoms with Gasteiger partial charge in [0.1, 0.15) is 0 Å². The van der Waals surface area contributed by atoms with Crippen molar-refractivity contribution in [2.75, 3.05) is 5.73 Å². The number of nitrogen functional groups attached to an aromatic ring is 1. The average Bonchev–Trinajstić information content (AvgIpc) is 2.95. The molecule has 0 radical (unpaired) electrons. The summed E-state index contributed by atoms with van der Waals surface area (Å²) in [6, 6.07) is 10.3. The summed E-state index contributed by atoms with van der Waals surface area (Å²) in [5.74, 6) is 1.20. The monoisotopic (exact) mass is 270 g/mol. The Morgan fingerprint density at radius 1 is 1.21 bits per heavy atom. The van der Waals surface area contributed by atoms with Crippen LogP contribution in [0.15, 0.2) is 40.2 Å². The van der Waals surface area contributed by atoms with Crippen LogP contribution in [0.3, 0.4) is 0 Å². The maximum atomic E-state index is 5.98. The molecule has 1 aromatic carbocycles. The van der Waals surface area contributed by atoms with E-state index in [-0.39, 0.29) is 0 Å². The van der Waals surface area contributed by atoms with Crippen LogP contribution in [-0.4, -0.2) is 5.16 Å². The van der Waals surface area contributed by atoms with E-state index in [1.54, 1.807) is 11.3 Å². The molecule has 3 nitrogen and oxygen atoms in total. The summed E-state index contributed by atoms with van der Waals surface area (Å²) in [6.07, 6.45) is 0. The van der Waals surface area contributed by atoms with Gasteiger partial charge in [-0.25, -0.2) is 0 Å². The molecule has 0 amide bonds. The van der Waals surface area contributed by atoms with Gasteiger partial charge in [-0.3, -0.25) is 0 Å². The van der Waals surface area contributed by atoms with Gasteiger partial charge in [-0.15, -0.1) is 11.3 Å². The Morgan fingerprint density at radius 3 is 2.74 bits per heavy atom. The molecule has 0 unspecified atom stereocenters. The minimum atomic E-state index is 0.438. The minimum absolute atomic E-state index is 0.438. The van der Waals surface area contributed by atoms with Crippen LogP contribution in [0.25, 0.3) is 21.8 Å². The molecule has 0 aliphatic carbocycles. The van der Waals surface area contributed by atoms with Gasteiger partial charge in [0.25, 0.3) is 0 Å². The molecule has 0 spiro atoms. The molecule has 0 bridgehead atoms. The molecule has 19 heavy (non-hydrogen) atoms. The molecule has 0 aliphatic heterocycles. The highest BCUT2D eigenvalue weighted by Crippen LogP contribution is 2.40. The molecular formula is C15H14N2OS. The fourth-order valence-electron chi connectivity index (χ4n) is 2.14. The molecule has 0 fully saturated rings. The third-order valence-electron chi connectivity index (χ3n) is 3.09. The lowest BCUT2D eigenvalue weighted by atomic mass is 10.0. The molecule has 3 rings (SSSR count). The quantitative estimate of drug-likeness (QED) is 0.756. The predicted molar refractivity (Wildman–Crippen MR) is 79.1 cm³/mol. The van der Waals surface area contributed by atoms with Crippen molar-refractivity contribution in [3.63, 3.8) is 0 Å². The Balaban J connectivity index is 2.22. The number of nitrogens with two attached hydrogens (primary N) is 1. The summed E-state index contributed by atoms with van der Waals surface area (Å²) in [5.41, 5.74) is 10.3. The highest BCUT2D eigenvalue weighted by Gasteiger charge is 2.19. The van der Waals surface area contributed by atoms with E-state index in [0.29, 0.717) is 5.82 Å². The first-order valence-electron chi connectivity index (χ1n) is 6.03. The Morgan fingerprint density at radius 2 is 2.05 bits per heavy atom. The van der Waals surface area contributed by atoms with Crippen LogP contribution in [0.4, 0.5) is 5.82 Å². The zero-order valence-corrected chi connectivity index (χ0v) is 11.6. The Kier molecular flexibility index (Phi) is 2.87. The zero-order chi connectivity index (χ0) is 13.4. The van der Waals surface area contributed by atoms with Gasteiger partial charge in [0, 0.05) is 0 Å². The van der Waals surface area contributed by atoms with Crippen molar-refractivity contribution in [2.24, 2.45) is 0 Å². The van der Waals surface area contributed by atoms with Crippen LogP contribution in [0.2, 0.25) is 0 Å². The molecule has 2 N–H and O–H groups in total. The van der Waals surface area contributed by atoms with E-state index in [1.165, 1.54) is 11.1 Å². The Labute approximate surface area is 115 Å². The van der Waals surface area contributed by atoms with Crippen LogP contribution in [0.1, 0.15) is 11.1 Å². The van der Waals surface area contributed by atoms with Gasteiger partial charge < -0.3 is 10.3 Å². The average molecular weight is 270 g/mol. The van der Waals surface area contributed by atoms with Crippen LogP contribution in [0.5, 0.6) is 0 Å². The highest BCUT2D eigenvalue weighted by molar-refractivity contribution is 7.13. The summed E-state index contributed by atoms with van der Waals surface area (Å²) >= 11 is 1.64. The number of aryl methyl sites for hydroxylation is 2. The topological polar surface area (TPSA) is 52.0 Å². The number of thiophene rings is 1. The number of anilines is 1. The van der Waals surface area contributed by atoms with Gasteiger partial charge in [-0.1, -0.05) is 35.0 Å². The van der Waals surface area contributed by atoms with Crippen molar-refractivity contribution in [3.05, 3.63) is 46.8 Å². The van der Waals surface area contributed by atoms with Crippen molar-refractivity contribution in [1.29, 1.82) is 0 Å². The van der Waals surface area contributed by atoms with Gasteiger partial charge >= 0.3 is 0 Å². The van der Waals surface area contributed by atoms with Gasteiger partial charge in [0.15, 0.2) is 11.6 Å². The van der Waals surface area contributed by atoms with Crippen LogP contribution in [-0.2, 0) is 0 Å². The van der Waals surface area contributed by atoms with E-state index in [9.17, 15) is 0 Å². The number of aromatic nitrogens is 1. The van der Waals surface area contributed by atoms with Gasteiger partial charge in [-0.2, -0.15) is 0 Å². The normalized spacial score (nSPS) is 10.8. The van der Waals surface area contributed by atoms with Crippen molar-refractivity contribution in [2.45, 2.75) is 13.8 Å². The second-order valence-corrected chi connectivity index (χ2v) is 5.49. The summed E-state index contributed by atoms with van der Waals surface area (Å²) in [4.78, 5) is 1.08. The summed E-state index contributed by atoms with van der Waals surface area (Å²) in [6.45, 7) is 4.12. The van der Waals surface area contributed by atoms with Gasteiger partial charge in [0.2, 0.25) is 0 Å². The first-order valence-corrected chi connectivity index (χ1v) is 6.91. The van der Waals surface area contributed by atoms with Crippen LogP contribution in [0, 0.1) is 13.8 Å². The summed E-state index contributed by atoms with van der Waals surface area (Å²) in [5, 5.41) is 5.97. The van der Waals surface area contributed by atoms with Gasteiger partial charge in [0.05, 0.1) is 10.4 Å². The van der Waals surface area contributed by atoms with E-state index >= 15 is 0 Å². The zero-order valence-electron chi connectivity index (χ0n) is 10.8. The van der Waals surface area contributed by atoms with Crippen molar-refractivity contribution in [3.8, 4) is 21.8 Å². The maximum absolute atomic E-state index is 5.98. The number of hydrogen-bond acceptors (Lipinski definition) is 4. The smallest absolute Gasteiger partial charge is 0.187 e. The first-order chi connectivity index (χ1) is 9.16. The van der Waals surface area contributed by atoms with E-state index in [2.05, 4.69) is 37.2 Å². The fourth-order valence-corrected chi connectivity index (χ4v) is 3.05. The maximum Gasteiger partial charge on any atom is 0.187 e.